The highest BCUT2D eigenvalue weighted by Gasteiger charge is 2.16. The Labute approximate surface area is 214 Å². The fourth-order valence-corrected chi connectivity index (χ4v) is 5.64. The summed E-state index contributed by atoms with van der Waals surface area (Å²) in [6, 6.07) is 25.8. The van der Waals surface area contributed by atoms with Gasteiger partial charge >= 0.3 is 0 Å². The van der Waals surface area contributed by atoms with E-state index in [0.717, 1.165) is 11.1 Å². The summed E-state index contributed by atoms with van der Waals surface area (Å²) in [7, 11) is -7.48. The maximum absolute atomic E-state index is 12.6. The molecule has 0 aromatic heterocycles. The smallest absolute Gasteiger partial charge is 0.261 e. The van der Waals surface area contributed by atoms with E-state index in [2.05, 4.69) is 9.44 Å². The minimum atomic E-state index is -3.74. The summed E-state index contributed by atoms with van der Waals surface area (Å²) in [6.07, 6.45) is 0.510. The first-order valence-electron chi connectivity index (χ1n) is 10.4. The van der Waals surface area contributed by atoms with E-state index >= 15 is 0 Å². The molecule has 0 amide bonds. The van der Waals surface area contributed by atoms with E-state index in [1.54, 1.807) is 72.8 Å². The molecule has 0 saturated heterocycles. The monoisotopic (exact) mass is 546 g/mol. The van der Waals surface area contributed by atoms with Gasteiger partial charge in [-0.15, -0.1) is 0 Å². The fourth-order valence-electron chi connectivity index (χ4n) is 3.27. The van der Waals surface area contributed by atoms with Crippen molar-refractivity contribution in [2.75, 3.05) is 9.44 Å². The van der Waals surface area contributed by atoms with E-state index in [-0.39, 0.29) is 9.79 Å². The summed E-state index contributed by atoms with van der Waals surface area (Å²) in [6.45, 7) is 0. The molecule has 0 aliphatic rings. The normalized spacial score (nSPS) is 11.7. The van der Waals surface area contributed by atoms with Crippen LogP contribution in [0.5, 0.6) is 0 Å². The Kier molecular flexibility index (Phi) is 7.37. The summed E-state index contributed by atoms with van der Waals surface area (Å²) < 4.78 is 55.5. The van der Waals surface area contributed by atoms with Crippen LogP contribution in [0.15, 0.2) is 107 Å². The molecule has 4 aromatic carbocycles. The summed E-state index contributed by atoms with van der Waals surface area (Å²) in [5.74, 6) is 0. The lowest BCUT2D eigenvalue weighted by molar-refractivity contribution is 0.599. The predicted octanol–water partition coefficient (Wildman–Crippen LogP) is 6.19. The van der Waals surface area contributed by atoms with Crippen LogP contribution in [0.25, 0.3) is 0 Å². The first-order chi connectivity index (χ1) is 16.6. The predicted molar refractivity (Wildman–Crippen MR) is 140 cm³/mol. The Hall–Kier alpha value is -3.04. The number of hydrogen-bond acceptors (Lipinski definition) is 4. The number of hydrogen-bond donors (Lipinski definition) is 2. The number of benzene rings is 4. The van der Waals surface area contributed by atoms with Crippen LogP contribution in [0.3, 0.4) is 0 Å². The summed E-state index contributed by atoms with van der Waals surface area (Å²) in [5.41, 5.74) is 2.59. The van der Waals surface area contributed by atoms with E-state index in [1.807, 2.05) is 0 Å². The van der Waals surface area contributed by atoms with Gasteiger partial charge in [0.05, 0.1) is 9.79 Å². The lowest BCUT2D eigenvalue weighted by Gasteiger charge is -2.10. The Morgan fingerprint density at radius 2 is 0.800 bits per heavy atom. The lowest BCUT2D eigenvalue weighted by atomic mass is 10.1. The fraction of sp³-hybridized carbons (Fsp3) is 0.0400. The lowest BCUT2D eigenvalue weighted by Crippen LogP contribution is -2.13. The summed E-state index contributed by atoms with van der Waals surface area (Å²) in [5, 5.41) is 1.03. The van der Waals surface area contributed by atoms with Crippen LogP contribution in [-0.2, 0) is 26.5 Å². The van der Waals surface area contributed by atoms with Crippen LogP contribution in [0.1, 0.15) is 11.1 Å². The molecule has 0 aliphatic carbocycles. The molecule has 0 radical (unpaired) electrons. The van der Waals surface area contributed by atoms with Crippen molar-refractivity contribution < 1.29 is 16.8 Å². The average Bonchev–Trinajstić information content (AvgIpc) is 2.82. The topological polar surface area (TPSA) is 92.3 Å². The largest absolute Gasteiger partial charge is 0.280 e. The molecule has 10 heteroatoms. The zero-order valence-electron chi connectivity index (χ0n) is 18.2. The second-order valence-corrected chi connectivity index (χ2v) is 11.9. The highest BCUT2D eigenvalue weighted by Crippen LogP contribution is 2.22. The molecule has 180 valence electrons. The quantitative estimate of drug-likeness (QED) is 0.275. The standard InChI is InChI=1S/C25H20Cl2N2O4S2/c26-20-5-9-22(10-6-20)28-34(30,31)24-13-1-18(2-14-24)17-19-3-15-25(16-4-19)35(32,33)29-23-11-7-21(27)8-12-23/h1-16,28-29H,17H2. The third-order valence-electron chi connectivity index (χ3n) is 5.07. The van der Waals surface area contributed by atoms with Crippen molar-refractivity contribution in [1.82, 2.24) is 0 Å². The van der Waals surface area contributed by atoms with Gasteiger partial charge in [-0.05, 0) is 90.3 Å². The number of halogens is 2. The molecule has 4 aromatic rings. The van der Waals surface area contributed by atoms with Gasteiger partial charge in [-0.2, -0.15) is 0 Å². The number of sulfonamides is 2. The zero-order chi connectivity index (χ0) is 25.1. The van der Waals surface area contributed by atoms with E-state index in [0.29, 0.717) is 27.8 Å². The van der Waals surface area contributed by atoms with Crippen LogP contribution in [-0.4, -0.2) is 16.8 Å². The summed E-state index contributed by atoms with van der Waals surface area (Å²) >= 11 is 11.7. The van der Waals surface area contributed by atoms with Crippen molar-refractivity contribution >= 4 is 54.6 Å². The van der Waals surface area contributed by atoms with Crippen molar-refractivity contribution in [3.8, 4) is 0 Å². The van der Waals surface area contributed by atoms with Crippen molar-refractivity contribution in [3.63, 3.8) is 0 Å². The van der Waals surface area contributed by atoms with Crippen molar-refractivity contribution in [2.45, 2.75) is 16.2 Å². The van der Waals surface area contributed by atoms with Crippen LogP contribution in [0.2, 0.25) is 10.0 Å². The van der Waals surface area contributed by atoms with Gasteiger partial charge in [-0.1, -0.05) is 47.5 Å². The molecule has 0 spiro atoms. The van der Waals surface area contributed by atoms with Crippen molar-refractivity contribution in [3.05, 3.63) is 118 Å². The van der Waals surface area contributed by atoms with Gasteiger partial charge < -0.3 is 0 Å². The second-order valence-electron chi connectivity index (χ2n) is 7.69. The molecule has 6 nitrogen and oxygen atoms in total. The van der Waals surface area contributed by atoms with Gasteiger partial charge in [0.2, 0.25) is 0 Å². The molecule has 0 bridgehead atoms. The van der Waals surface area contributed by atoms with Gasteiger partial charge in [0.1, 0.15) is 0 Å². The van der Waals surface area contributed by atoms with Crippen LogP contribution in [0.4, 0.5) is 11.4 Å². The third kappa shape index (κ3) is 6.55. The van der Waals surface area contributed by atoms with E-state index in [9.17, 15) is 16.8 Å². The molecular weight excluding hydrogens is 527 g/mol. The molecule has 0 saturated carbocycles. The Morgan fingerprint density at radius 1 is 0.486 bits per heavy atom. The van der Waals surface area contributed by atoms with Crippen molar-refractivity contribution in [2.24, 2.45) is 0 Å². The molecule has 35 heavy (non-hydrogen) atoms. The van der Waals surface area contributed by atoms with Crippen LogP contribution in [0, 0.1) is 0 Å². The van der Waals surface area contributed by atoms with E-state index < -0.39 is 20.0 Å². The molecule has 0 heterocycles. The summed E-state index contributed by atoms with van der Waals surface area (Å²) in [4.78, 5) is 0.261. The molecule has 0 unspecified atom stereocenters. The zero-order valence-corrected chi connectivity index (χ0v) is 21.3. The third-order valence-corrected chi connectivity index (χ3v) is 8.37. The number of rotatable bonds is 8. The highest BCUT2D eigenvalue weighted by molar-refractivity contribution is 7.93. The Morgan fingerprint density at radius 3 is 1.11 bits per heavy atom. The average molecular weight is 547 g/mol. The highest BCUT2D eigenvalue weighted by atomic mass is 35.5. The minimum absolute atomic E-state index is 0.130. The second kappa shape index (κ2) is 10.3. The Bertz CT molecular complexity index is 1400. The first-order valence-corrected chi connectivity index (χ1v) is 14.1. The molecule has 2 N–H and O–H groups in total. The number of anilines is 2. The van der Waals surface area contributed by atoms with E-state index in [1.165, 1.54) is 24.3 Å². The first kappa shape index (κ1) is 25.1. The Balaban J connectivity index is 1.42. The minimum Gasteiger partial charge on any atom is -0.280 e. The van der Waals surface area contributed by atoms with Gasteiger partial charge in [-0.25, -0.2) is 16.8 Å². The van der Waals surface area contributed by atoms with Gasteiger partial charge in [0.25, 0.3) is 20.0 Å². The van der Waals surface area contributed by atoms with Crippen molar-refractivity contribution in [1.29, 1.82) is 0 Å². The van der Waals surface area contributed by atoms with Crippen LogP contribution >= 0.6 is 23.2 Å². The van der Waals surface area contributed by atoms with E-state index in [4.69, 9.17) is 23.2 Å². The molecule has 0 aliphatic heterocycles. The van der Waals surface area contributed by atoms with Crippen LogP contribution < -0.4 is 9.44 Å². The molecule has 0 atom stereocenters. The maximum atomic E-state index is 12.6. The molecule has 0 fully saturated rings. The molecule has 4 rings (SSSR count). The maximum Gasteiger partial charge on any atom is 0.261 e. The molecular formula is C25H20Cl2N2O4S2. The SMILES string of the molecule is O=S(=O)(Nc1ccc(Cl)cc1)c1ccc(Cc2ccc(S(=O)(=O)Nc3ccc(Cl)cc3)cc2)cc1. The van der Waals surface area contributed by atoms with Gasteiger partial charge in [-0.3, -0.25) is 9.44 Å². The number of nitrogens with one attached hydrogen (secondary N) is 2. The van der Waals surface area contributed by atoms with Gasteiger partial charge in [0, 0.05) is 21.4 Å². The van der Waals surface area contributed by atoms with Gasteiger partial charge in [0.15, 0.2) is 0 Å².